The van der Waals surface area contributed by atoms with Crippen LogP contribution in [-0.2, 0) is 0 Å². The van der Waals surface area contributed by atoms with Gasteiger partial charge in [-0.15, -0.1) is 0 Å². The minimum Gasteiger partial charge on any atom is -0.317 e. The van der Waals surface area contributed by atoms with Crippen LogP contribution in [-0.4, -0.2) is 15.9 Å². The van der Waals surface area contributed by atoms with Crippen LogP contribution >= 0.6 is 23.2 Å². The maximum absolute atomic E-state index is 13.4. The number of rotatable bonds is 2. The minimum absolute atomic E-state index is 0.0261. The van der Waals surface area contributed by atoms with Crippen LogP contribution in [0.25, 0.3) is 0 Å². The molecule has 4 nitrogen and oxygen atoms in total. The average Bonchev–Trinajstić information content (AvgIpc) is 2.34. The van der Waals surface area contributed by atoms with Crippen molar-refractivity contribution in [3.05, 3.63) is 52.3 Å². The van der Waals surface area contributed by atoms with E-state index in [1.807, 2.05) is 0 Å². The van der Waals surface area contributed by atoms with Crippen molar-refractivity contribution >= 4 is 34.8 Å². The van der Waals surface area contributed by atoms with E-state index in [9.17, 15) is 9.18 Å². The van der Waals surface area contributed by atoms with Crippen LogP contribution in [0.4, 0.5) is 10.1 Å². The zero-order chi connectivity index (χ0) is 13.1. The summed E-state index contributed by atoms with van der Waals surface area (Å²) in [4.78, 5) is 19.2. The largest absolute Gasteiger partial charge is 0.317 e. The van der Waals surface area contributed by atoms with Crippen LogP contribution in [0.2, 0.25) is 10.2 Å². The van der Waals surface area contributed by atoms with Crippen LogP contribution in [0.5, 0.6) is 0 Å². The third-order valence-corrected chi connectivity index (χ3v) is 2.54. The first-order valence-electron chi connectivity index (χ1n) is 4.81. The summed E-state index contributed by atoms with van der Waals surface area (Å²) in [6, 6.07) is 4.08. The lowest BCUT2D eigenvalue weighted by atomic mass is 10.3. The summed E-state index contributed by atoms with van der Waals surface area (Å²) < 4.78 is 13.4. The van der Waals surface area contributed by atoms with E-state index in [4.69, 9.17) is 23.2 Å². The molecule has 0 aliphatic rings. The van der Waals surface area contributed by atoms with Gasteiger partial charge in [-0.2, -0.15) is 0 Å². The van der Waals surface area contributed by atoms with Crippen LogP contribution in [0.15, 0.2) is 30.6 Å². The molecule has 0 spiro atoms. The first kappa shape index (κ1) is 12.7. The predicted octanol–water partition coefficient (Wildman–Crippen LogP) is 3.17. The highest BCUT2D eigenvalue weighted by molar-refractivity contribution is 6.34. The SMILES string of the molecule is O=C(Nc1c(F)cccc1Cl)c1cncc(Cl)n1. The van der Waals surface area contributed by atoms with Gasteiger partial charge in [0, 0.05) is 0 Å². The molecule has 92 valence electrons. The number of hydrogen-bond donors (Lipinski definition) is 1. The summed E-state index contributed by atoms with van der Waals surface area (Å²) in [5.41, 5.74) is -0.132. The number of benzene rings is 1. The Bertz CT molecular complexity index is 586. The van der Waals surface area contributed by atoms with E-state index >= 15 is 0 Å². The van der Waals surface area contributed by atoms with Crippen molar-refractivity contribution in [3.8, 4) is 0 Å². The molecule has 1 aromatic heterocycles. The van der Waals surface area contributed by atoms with E-state index in [1.54, 1.807) is 0 Å². The number of amides is 1. The Morgan fingerprint density at radius 2 is 2.06 bits per heavy atom. The molecule has 0 atom stereocenters. The number of carbonyl (C=O) groups is 1. The molecule has 18 heavy (non-hydrogen) atoms. The highest BCUT2D eigenvalue weighted by atomic mass is 35.5. The highest BCUT2D eigenvalue weighted by Crippen LogP contribution is 2.24. The summed E-state index contributed by atoms with van der Waals surface area (Å²) in [5.74, 6) is -1.28. The summed E-state index contributed by atoms with van der Waals surface area (Å²) in [6.45, 7) is 0. The molecule has 2 rings (SSSR count). The zero-order valence-electron chi connectivity index (χ0n) is 8.82. The predicted molar refractivity (Wildman–Crippen MR) is 66.4 cm³/mol. The van der Waals surface area contributed by atoms with Gasteiger partial charge >= 0.3 is 0 Å². The lowest BCUT2D eigenvalue weighted by Gasteiger charge is -2.07. The monoisotopic (exact) mass is 285 g/mol. The average molecular weight is 286 g/mol. The molecular weight excluding hydrogens is 280 g/mol. The Labute approximate surface area is 112 Å². The maximum Gasteiger partial charge on any atom is 0.276 e. The van der Waals surface area contributed by atoms with Crippen molar-refractivity contribution in [2.45, 2.75) is 0 Å². The Kier molecular flexibility index (Phi) is 3.74. The molecular formula is C11H6Cl2FN3O. The molecule has 0 unspecified atom stereocenters. The van der Waals surface area contributed by atoms with Crippen LogP contribution in [0.1, 0.15) is 10.5 Å². The fourth-order valence-electron chi connectivity index (χ4n) is 1.25. The van der Waals surface area contributed by atoms with Gasteiger partial charge in [0.2, 0.25) is 0 Å². The van der Waals surface area contributed by atoms with Gasteiger partial charge in [-0.1, -0.05) is 29.3 Å². The van der Waals surface area contributed by atoms with Crippen molar-refractivity contribution in [2.24, 2.45) is 0 Å². The second-order valence-corrected chi connectivity index (χ2v) is 4.07. The molecule has 0 aliphatic heterocycles. The van der Waals surface area contributed by atoms with Crippen molar-refractivity contribution < 1.29 is 9.18 Å². The van der Waals surface area contributed by atoms with E-state index in [1.165, 1.54) is 30.6 Å². The summed E-state index contributed by atoms with van der Waals surface area (Å²) in [6.07, 6.45) is 2.50. The summed E-state index contributed by atoms with van der Waals surface area (Å²) in [5, 5.41) is 2.48. The number of hydrogen-bond acceptors (Lipinski definition) is 3. The number of para-hydroxylation sites is 1. The second kappa shape index (κ2) is 5.29. The molecule has 0 fully saturated rings. The number of aromatic nitrogens is 2. The van der Waals surface area contributed by atoms with Gasteiger partial charge in [0.1, 0.15) is 16.7 Å². The van der Waals surface area contributed by atoms with Gasteiger partial charge in [-0.3, -0.25) is 9.78 Å². The fourth-order valence-corrected chi connectivity index (χ4v) is 1.60. The van der Waals surface area contributed by atoms with Gasteiger partial charge < -0.3 is 5.32 Å². The van der Waals surface area contributed by atoms with E-state index in [-0.39, 0.29) is 21.6 Å². The molecule has 1 aromatic carbocycles. The second-order valence-electron chi connectivity index (χ2n) is 3.28. The number of nitrogens with one attached hydrogen (secondary N) is 1. The summed E-state index contributed by atoms with van der Waals surface area (Å²) in [7, 11) is 0. The molecule has 0 radical (unpaired) electrons. The number of nitrogens with zero attached hydrogens (tertiary/aromatic N) is 2. The van der Waals surface area contributed by atoms with Crippen molar-refractivity contribution in [1.82, 2.24) is 9.97 Å². The van der Waals surface area contributed by atoms with Crippen LogP contribution < -0.4 is 5.32 Å². The smallest absolute Gasteiger partial charge is 0.276 e. The number of anilines is 1. The Balaban J connectivity index is 2.27. The Hall–Kier alpha value is -1.72. The molecule has 2 aromatic rings. The molecule has 1 amide bonds. The normalized spacial score (nSPS) is 10.2. The third-order valence-electron chi connectivity index (χ3n) is 2.04. The van der Waals surface area contributed by atoms with Crippen LogP contribution in [0, 0.1) is 5.82 Å². The quantitative estimate of drug-likeness (QED) is 0.922. The lowest BCUT2D eigenvalue weighted by molar-refractivity contribution is 0.102. The molecule has 0 bridgehead atoms. The molecule has 1 heterocycles. The van der Waals surface area contributed by atoms with Gasteiger partial charge in [0.25, 0.3) is 5.91 Å². The third kappa shape index (κ3) is 2.75. The molecule has 1 N–H and O–H groups in total. The standard InChI is InChI=1S/C11H6Cl2FN3O/c12-6-2-1-3-7(14)10(6)17-11(18)8-4-15-5-9(13)16-8/h1-5H,(H,17,18). The van der Waals surface area contributed by atoms with Crippen molar-refractivity contribution in [1.29, 1.82) is 0 Å². The van der Waals surface area contributed by atoms with Gasteiger partial charge in [-0.25, -0.2) is 9.37 Å². The Morgan fingerprint density at radius 1 is 1.28 bits per heavy atom. The summed E-state index contributed by atoms with van der Waals surface area (Å²) >= 11 is 11.4. The lowest BCUT2D eigenvalue weighted by Crippen LogP contribution is -2.15. The van der Waals surface area contributed by atoms with E-state index < -0.39 is 11.7 Å². The molecule has 0 saturated carbocycles. The van der Waals surface area contributed by atoms with Gasteiger partial charge in [-0.05, 0) is 12.1 Å². The van der Waals surface area contributed by atoms with E-state index in [2.05, 4.69) is 15.3 Å². The molecule has 0 aliphatic carbocycles. The van der Waals surface area contributed by atoms with Crippen molar-refractivity contribution in [3.63, 3.8) is 0 Å². The Morgan fingerprint density at radius 3 is 2.72 bits per heavy atom. The van der Waals surface area contributed by atoms with Gasteiger partial charge in [0.05, 0.1) is 23.1 Å². The highest BCUT2D eigenvalue weighted by Gasteiger charge is 2.13. The first-order chi connectivity index (χ1) is 8.58. The van der Waals surface area contributed by atoms with Gasteiger partial charge in [0.15, 0.2) is 0 Å². The zero-order valence-corrected chi connectivity index (χ0v) is 10.3. The number of halogens is 3. The maximum atomic E-state index is 13.4. The molecule has 0 saturated heterocycles. The fraction of sp³-hybridized carbons (Fsp3) is 0. The van der Waals surface area contributed by atoms with Crippen molar-refractivity contribution in [2.75, 3.05) is 5.32 Å². The van der Waals surface area contributed by atoms with E-state index in [0.717, 1.165) is 0 Å². The van der Waals surface area contributed by atoms with Crippen LogP contribution in [0.3, 0.4) is 0 Å². The number of carbonyl (C=O) groups excluding carboxylic acids is 1. The van der Waals surface area contributed by atoms with E-state index in [0.29, 0.717) is 0 Å². The molecule has 7 heteroatoms. The topological polar surface area (TPSA) is 54.9 Å². The minimum atomic E-state index is -0.642. The first-order valence-corrected chi connectivity index (χ1v) is 5.56.